The summed E-state index contributed by atoms with van der Waals surface area (Å²) in [5, 5.41) is 21.8. The molecule has 37 heavy (non-hydrogen) atoms. The molecular formula is C30H30N4O3. The Labute approximate surface area is 217 Å². The van der Waals surface area contributed by atoms with Gasteiger partial charge in [-0.3, -0.25) is 14.9 Å². The number of rotatable bonds is 7. The molecule has 5 aliphatic rings. The average molecular weight is 495 g/mol. The molecule has 188 valence electrons. The molecule has 2 unspecified atom stereocenters. The van der Waals surface area contributed by atoms with Crippen molar-refractivity contribution in [3.05, 3.63) is 70.5 Å². The molecule has 0 saturated carbocycles. The van der Waals surface area contributed by atoms with Crippen LogP contribution < -0.4 is 5.32 Å². The molecule has 2 amide bonds. The SMILES string of the molecule is C/C=C(\C1=C(CC#N)CCC=C1)N1C(=O)[C@]23N[C@@]2(C1=O)C1(C)CCC3(CCCc2ccc(C#N)cc2)O1. The summed E-state index contributed by atoms with van der Waals surface area (Å²) in [5.74, 6) is -0.459. The van der Waals surface area contributed by atoms with Gasteiger partial charge in [0.25, 0.3) is 11.8 Å². The van der Waals surface area contributed by atoms with E-state index >= 15 is 0 Å². The van der Waals surface area contributed by atoms with Crippen LogP contribution in [0, 0.1) is 22.7 Å². The van der Waals surface area contributed by atoms with Gasteiger partial charge in [-0.2, -0.15) is 10.5 Å². The molecule has 4 fully saturated rings. The Balaban J connectivity index is 1.31. The van der Waals surface area contributed by atoms with E-state index in [-0.39, 0.29) is 18.2 Å². The molecule has 4 saturated heterocycles. The maximum absolute atomic E-state index is 14.3. The van der Waals surface area contributed by atoms with E-state index in [4.69, 9.17) is 10.00 Å². The summed E-state index contributed by atoms with van der Waals surface area (Å²) in [6, 6.07) is 12.0. The molecular weight excluding hydrogens is 464 g/mol. The van der Waals surface area contributed by atoms with Crippen molar-refractivity contribution in [3.8, 4) is 12.1 Å². The number of hydrogen-bond acceptors (Lipinski definition) is 6. The summed E-state index contributed by atoms with van der Waals surface area (Å²) < 4.78 is 6.68. The van der Waals surface area contributed by atoms with Crippen LogP contribution in [0.1, 0.15) is 69.9 Å². The first-order valence-electron chi connectivity index (χ1n) is 13.1. The number of imide groups is 1. The molecule has 1 aromatic rings. The van der Waals surface area contributed by atoms with Crippen LogP contribution in [-0.2, 0) is 20.7 Å². The van der Waals surface area contributed by atoms with Crippen molar-refractivity contribution < 1.29 is 14.3 Å². The number of amides is 2. The predicted octanol–water partition coefficient (Wildman–Crippen LogP) is 4.12. The van der Waals surface area contributed by atoms with E-state index in [2.05, 4.69) is 17.5 Å². The van der Waals surface area contributed by atoms with Gasteiger partial charge in [0.2, 0.25) is 0 Å². The van der Waals surface area contributed by atoms with Crippen molar-refractivity contribution in [2.75, 3.05) is 0 Å². The first-order chi connectivity index (χ1) is 17.8. The summed E-state index contributed by atoms with van der Waals surface area (Å²) in [4.78, 5) is 29.8. The number of nitriles is 2. The van der Waals surface area contributed by atoms with Gasteiger partial charge >= 0.3 is 0 Å². The number of aryl methyl sites for hydroxylation is 1. The van der Waals surface area contributed by atoms with Gasteiger partial charge in [0.15, 0.2) is 11.1 Å². The average Bonchev–Trinajstić information content (AvgIpc) is 3.44. The summed E-state index contributed by atoms with van der Waals surface area (Å²) in [6.45, 7) is 3.82. The Morgan fingerprint density at radius 1 is 1.16 bits per heavy atom. The summed E-state index contributed by atoms with van der Waals surface area (Å²) in [6.07, 6.45) is 11.4. The lowest BCUT2D eigenvalue weighted by atomic mass is 9.67. The molecule has 0 spiro atoms. The highest BCUT2D eigenvalue weighted by Crippen LogP contribution is 2.74. The number of hydrogen-bond donors (Lipinski definition) is 1. The van der Waals surface area contributed by atoms with Gasteiger partial charge < -0.3 is 4.74 Å². The van der Waals surface area contributed by atoms with Crippen LogP contribution in [0.25, 0.3) is 0 Å². The summed E-state index contributed by atoms with van der Waals surface area (Å²) in [5.41, 5.74) is 0.580. The van der Waals surface area contributed by atoms with Gasteiger partial charge in [0.1, 0.15) is 0 Å². The minimum Gasteiger partial charge on any atom is -0.364 e. The molecule has 0 radical (unpaired) electrons. The number of carbonyl (C=O) groups excluding carboxylic acids is 2. The quantitative estimate of drug-likeness (QED) is 0.450. The van der Waals surface area contributed by atoms with Gasteiger partial charge in [-0.15, -0.1) is 0 Å². The molecule has 4 atom stereocenters. The Morgan fingerprint density at radius 3 is 2.62 bits per heavy atom. The molecule has 2 bridgehead atoms. The van der Waals surface area contributed by atoms with Crippen molar-refractivity contribution in [1.82, 2.24) is 10.2 Å². The van der Waals surface area contributed by atoms with Crippen LogP contribution in [0.5, 0.6) is 0 Å². The van der Waals surface area contributed by atoms with Crippen molar-refractivity contribution >= 4 is 11.8 Å². The maximum Gasteiger partial charge on any atom is 0.259 e. The van der Waals surface area contributed by atoms with E-state index < -0.39 is 22.3 Å². The second-order valence-corrected chi connectivity index (χ2v) is 11.0. The van der Waals surface area contributed by atoms with Gasteiger partial charge in [-0.25, -0.2) is 4.90 Å². The van der Waals surface area contributed by atoms with E-state index in [9.17, 15) is 14.9 Å². The fourth-order valence-corrected chi connectivity index (χ4v) is 7.58. The zero-order chi connectivity index (χ0) is 26.1. The monoisotopic (exact) mass is 494 g/mol. The summed E-state index contributed by atoms with van der Waals surface area (Å²) in [7, 11) is 0. The third-order valence-corrected chi connectivity index (χ3v) is 9.32. The smallest absolute Gasteiger partial charge is 0.259 e. The zero-order valence-electron chi connectivity index (χ0n) is 21.3. The summed E-state index contributed by atoms with van der Waals surface area (Å²) >= 11 is 0. The molecule has 4 aliphatic heterocycles. The molecule has 1 aromatic carbocycles. The Hall–Kier alpha value is -3.52. The van der Waals surface area contributed by atoms with Gasteiger partial charge in [0.05, 0.1) is 41.0 Å². The fraction of sp³-hybridized carbons (Fsp3) is 0.467. The number of likely N-dealkylation sites (tertiary alicyclic amines) is 1. The number of ether oxygens (including phenoxy) is 1. The van der Waals surface area contributed by atoms with Gasteiger partial charge in [-0.1, -0.05) is 30.4 Å². The molecule has 7 heteroatoms. The normalized spacial score (nSPS) is 35.5. The van der Waals surface area contributed by atoms with Crippen molar-refractivity contribution in [3.63, 3.8) is 0 Å². The number of nitrogens with zero attached hydrogens (tertiary/aromatic N) is 3. The number of piperazine rings is 1. The first-order valence-corrected chi connectivity index (χ1v) is 13.1. The molecule has 7 nitrogen and oxygen atoms in total. The van der Waals surface area contributed by atoms with Gasteiger partial charge in [-0.05, 0) is 87.6 Å². The molecule has 4 heterocycles. The lowest BCUT2D eigenvalue weighted by molar-refractivity contribution is -0.154. The maximum atomic E-state index is 14.3. The van der Waals surface area contributed by atoms with E-state index in [0.717, 1.165) is 55.2 Å². The third-order valence-electron chi connectivity index (χ3n) is 9.32. The first kappa shape index (κ1) is 23.9. The minimum absolute atomic E-state index is 0.227. The van der Waals surface area contributed by atoms with Crippen LogP contribution in [0.2, 0.25) is 0 Å². The van der Waals surface area contributed by atoms with E-state index in [0.29, 0.717) is 17.7 Å². The van der Waals surface area contributed by atoms with E-state index in [1.54, 1.807) is 0 Å². The van der Waals surface area contributed by atoms with E-state index in [1.807, 2.05) is 56.3 Å². The lowest BCUT2D eigenvalue weighted by Gasteiger charge is -2.36. The predicted molar refractivity (Wildman–Crippen MR) is 135 cm³/mol. The second-order valence-electron chi connectivity index (χ2n) is 11.0. The highest BCUT2D eigenvalue weighted by Gasteiger charge is 3.00. The van der Waals surface area contributed by atoms with Crippen LogP contribution in [-0.4, -0.2) is 39.0 Å². The van der Waals surface area contributed by atoms with Crippen molar-refractivity contribution in [2.45, 2.75) is 87.5 Å². The number of fused-ring (bicyclic) bond motifs is 2. The van der Waals surface area contributed by atoms with Crippen LogP contribution in [0.15, 0.2) is 59.3 Å². The topological polar surface area (TPSA) is 116 Å². The van der Waals surface area contributed by atoms with Crippen LogP contribution >= 0.6 is 0 Å². The number of allylic oxidation sites excluding steroid dienone is 4. The second kappa shape index (κ2) is 7.99. The highest BCUT2D eigenvalue weighted by atomic mass is 16.6. The number of nitrogens with one attached hydrogen (secondary N) is 1. The molecule has 1 aliphatic carbocycles. The van der Waals surface area contributed by atoms with Gasteiger partial charge in [0, 0.05) is 0 Å². The Morgan fingerprint density at radius 2 is 1.92 bits per heavy atom. The molecule has 6 rings (SSSR count). The molecule has 0 aromatic heterocycles. The van der Waals surface area contributed by atoms with Crippen molar-refractivity contribution in [1.29, 1.82) is 10.5 Å². The lowest BCUT2D eigenvalue weighted by Crippen LogP contribution is -2.55. The minimum atomic E-state index is -1.04. The Bertz CT molecular complexity index is 1390. The zero-order valence-corrected chi connectivity index (χ0v) is 21.3. The van der Waals surface area contributed by atoms with Crippen molar-refractivity contribution in [2.24, 2.45) is 0 Å². The standard InChI is InChI=1S/C30H30N4O3/c1-3-24(23-9-5-4-8-22(23)14-18-31)34-25(35)29-27(2)16-17-28(37-27,30(29,33-29)26(34)36)15-6-7-20-10-12-21(19-32)13-11-20/h3,5,9-13,33H,4,6-8,14-17H2,1-2H3/b24-3+/t27?,28?,29-,30+/m0/s1. The van der Waals surface area contributed by atoms with Crippen LogP contribution in [0.4, 0.5) is 0 Å². The Kier molecular flexibility index (Phi) is 5.15. The highest BCUT2D eigenvalue weighted by molar-refractivity contribution is 6.23. The number of benzene rings is 1. The third kappa shape index (κ3) is 2.82. The largest absolute Gasteiger partial charge is 0.364 e. The molecule has 1 N–H and O–H groups in total. The fourth-order valence-electron chi connectivity index (χ4n) is 7.58. The van der Waals surface area contributed by atoms with Crippen LogP contribution in [0.3, 0.4) is 0 Å². The number of carbonyl (C=O) groups is 2. The number of morpholine rings is 1. The van der Waals surface area contributed by atoms with E-state index in [1.165, 1.54) is 4.90 Å².